The van der Waals surface area contributed by atoms with E-state index >= 15 is 0 Å². The van der Waals surface area contributed by atoms with E-state index in [1.54, 1.807) is 12.0 Å². The summed E-state index contributed by atoms with van der Waals surface area (Å²) in [7, 11) is 1.63. The Morgan fingerprint density at radius 2 is 1.62 bits per heavy atom. The van der Waals surface area contributed by atoms with Crippen molar-refractivity contribution in [3.63, 3.8) is 0 Å². The van der Waals surface area contributed by atoms with Gasteiger partial charge < -0.3 is 15.0 Å². The minimum Gasteiger partial charge on any atom is -0.380 e. The SMILES string of the molecule is CCC1(CC)NC(=O)C(CC)(CC)N(CC(C)OC)C1=O. The van der Waals surface area contributed by atoms with E-state index in [-0.39, 0.29) is 17.9 Å². The summed E-state index contributed by atoms with van der Waals surface area (Å²) in [6.07, 6.45) is 2.34. The van der Waals surface area contributed by atoms with Crippen molar-refractivity contribution in [1.29, 1.82) is 0 Å². The Kier molecular flexibility index (Phi) is 5.79. The molecule has 0 saturated carbocycles. The molecule has 1 rings (SSSR count). The number of nitrogens with zero attached hydrogens (tertiary/aromatic N) is 1. The van der Waals surface area contributed by atoms with E-state index in [1.807, 2.05) is 34.6 Å². The lowest BCUT2D eigenvalue weighted by Crippen LogP contribution is -2.76. The molecule has 5 heteroatoms. The minimum absolute atomic E-state index is 0.0275. The normalized spacial score (nSPS) is 22.1. The van der Waals surface area contributed by atoms with Crippen molar-refractivity contribution in [3.05, 3.63) is 0 Å². The first-order valence-corrected chi connectivity index (χ1v) is 8.04. The Labute approximate surface area is 128 Å². The molecule has 5 nitrogen and oxygen atoms in total. The average Bonchev–Trinajstić information content (AvgIpc) is 2.51. The van der Waals surface area contributed by atoms with Gasteiger partial charge in [-0.3, -0.25) is 9.59 Å². The zero-order valence-corrected chi connectivity index (χ0v) is 14.3. The van der Waals surface area contributed by atoms with E-state index in [2.05, 4.69) is 5.32 Å². The van der Waals surface area contributed by atoms with Crippen LogP contribution in [0.2, 0.25) is 0 Å². The summed E-state index contributed by atoms with van der Waals surface area (Å²) in [6, 6.07) is 0. The van der Waals surface area contributed by atoms with Crippen LogP contribution in [0, 0.1) is 0 Å². The van der Waals surface area contributed by atoms with Gasteiger partial charge in [-0.1, -0.05) is 27.7 Å². The molecule has 1 aliphatic heterocycles. The summed E-state index contributed by atoms with van der Waals surface area (Å²) in [6.45, 7) is 10.2. The fourth-order valence-electron chi connectivity index (χ4n) is 3.23. The third-order valence-corrected chi connectivity index (χ3v) is 5.17. The van der Waals surface area contributed by atoms with Gasteiger partial charge in [0.25, 0.3) is 0 Å². The fraction of sp³-hybridized carbons (Fsp3) is 0.875. The maximum atomic E-state index is 13.1. The first-order valence-electron chi connectivity index (χ1n) is 8.04. The molecule has 0 aromatic heterocycles. The molecule has 0 radical (unpaired) electrons. The standard InChI is InChI=1S/C16H30N2O3/c1-7-15(8-2)14(20)18(11-12(5)21-6)16(9-3,10-4)13(19)17-15/h12H,7-11H2,1-6H3,(H,17,19). The molecule has 21 heavy (non-hydrogen) atoms. The second-order valence-electron chi connectivity index (χ2n) is 5.94. The smallest absolute Gasteiger partial charge is 0.249 e. The first kappa shape index (κ1) is 18.0. The first-order chi connectivity index (χ1) is 9.87. The van der Waals surface area contributed by atoms with Crippen molar-refractivity contribution in [2.75, 3.05) is 13.7 Å². The number of rotatable bonds is 7. The number of ether oxygens (including phenoxy) is 1. The van der Waals surface area contributed by atoms with E-state index in [1.165, 1.54) is 0 Å². The summed E-state index contributed by atoms with van der Waals surface area (Å²) < 4.78 is 5.33. The van der Waals surface area contributed by atoms with Gasteiger partial charge in [-0.25, -0.2) is 0 Å². The maximum Gasteiger partial charge on any atom is 0.249 e. The number of hydrogen-bond acceptors (Lipinski definition) is 3. The molecule has 0 spiro atoms. The summed E-state index contributed by atoms with van der Waals surface area (Å²) in [5.41, 5.74) is -1.52. The molecule has 122 valence electrons. The van der Waals surface area contributed by atoms with Crippen molar-refractivity contribution in [1.82, 2.24) is 10.2 Å². The summed E-state index contributed by atoms with van der Waals surface area (Å²) >= 11 is 0. The van der Waals surface area contributed by atoms with Gasteiger partial charge in [0, 0.05) is 13.7 Å². The highest BCUT2D eigenvalue weighted by atomic mass is 16.5. The topological polar surface area (TPSA) is 58.6 Å². The van der Waals surface area contributed by atoms with Crippen molar-refractivity contribution in [3.8, 4) is 0 Å². The van der Waals surface area contributed by atoms with Crippen LogP contribution in [-0.2, 0) is 14.3 Å². The van der Waals surface area contributed by atoms with Crippen LogP contribution in [0.5, 0.6) is 0 Å². The Balaban J connectivity index is 3.29. The molecule has 2 amide bonds. The fourth-order valence-corrected chi connectivity index (χ4v) is 3.23. The number of carbonyl (C=O) groups is 2. The number of methoxy groups -OCH3 is 1. The lowest BCUT2D eigenvalue weighted by molar-refractivity contribution is -0.166. The number of carbonyl (C=O) groups excluding carboxylic acids is 2. The molecular weight excluding hydrogens is 268 g/mol. The number of nitrogens with one attached hydrogen (secondary N) is 1. The monoisotopic (exact) mass is 298 g/mol. The van der Waals surface area contributed by atoms with E-state index in [0.717, 1.165) is 0 Å². The van der Waals surface area contributed by atoms with Gasteiger partial charge in [0.1, 0.15) is 11.1 Å². The van der Waals surface area contributed by atoms with Gasteiger partial charge in [-0.15, -0.1) is 0 Å². The predicted molar refractivity (Wildman–Crippen MR) is 83.0 cm³/mol. The summed E-state index contributed by atoms with van der Waals surface area (Å²) in [4.78, 5) is 27.7. The molecule has 1 unspecified atom stereocenters. The van der Waals surface area contributed by atoms with Crippen molar-refractivity contribution < 1.29 is 14.3 Å². The lowest BCUT2D eigenvalue weighted by atomic mass is 9.79. The molecule has 1 N–H and O–H groups in total. The predicted octanol–water partition coefficient (Wildman–Crippen LogP) is 2.10. The van der Waals surface area contributed by atoms with Crippen LogP contribution in [0.15, 0.2) is 0 Å². The van der Waals surface area contributed by atoms with E-state index in [4.69, 9.17) is 4.74 Å². The van der Waals surface area contributed by atoms with Crippen LogP contribution in [0.25, 0.3) is 0 Å². The van der Waals surface area contributed by atoms with Gasteiger partial charge in [-0.05, 0) is 32.6 Å². The highest BCUT2D eigenvalue weighted by molar-refractivity contribution is 6.02. The summed E-state index contributed by atoms with van der Waals surface area (Å²) in [5.74, 6) is -0.00111. The molecule has 1 aliphatic rings. The van der Waals surface area contributed by atoms with Gasteiger partial charge in [0.05, 0.1) is 6.10 Å². The van der Waals surface area contributed by atoms with Crippen molar-refractivity contribution >= 4 is 11.8 Å². The van der Waals surface area contributed by atoms with Gasteiger partial charge >= 0.3 is 0 Å². The second kappa shape index (κ2) is 6.77. The average molecular weight is 298 g/mol. The highest BCUT2D eigenvalue weighted by Crippen LogP contribution is 2.35. The van der Waals surface area contributed by atoms with Crippen LogP contribution < -0.4 is 5.32 Å². The van der Waals surface area contributed by atoms with Gasteiger partial charge in [-0.2, -0.15) is 0 Å². The number of hydrogen-bond donors (Lipinski definition) is 1. The van der Waals surface area contributed by atoms with Crippen molar-refractivity contribution in [2.45, 2.75) is 77.5 Å². The zero-order valence-electron chi connectivity index (χ0n) is 14.3. The van der Waals surface area contributed by atoms with E-state index < -0.39 is 11.1 Å². The Bertz CT molecular complexity index is 387. The lowest BCUT2D eigenvalue weighted by Gasteiger charge is -2.52. The molecule has 0 aliphatic carbocycles. The molecule has 1 atom stereocenters. The van der Waals surface area contributed by atoms with Crippen LogP contribution in [0.4, 0.5) is 0 Å². The third-order valence-electron chi connectivity index (χ3n) is 5.17. The highest BCUT2D eigenvalue weighted by Gasteiger charge is 2.55. The van der Waals surface area contributed by atoms with Gasteiger partial charge in [0.15, 0.2) is 0 Å². The quantitative estimate of drug-likeness (QED) is 0.783. The molecular formula is C16H30N2O3. The van der Waals surface area contributed by atoms with E-state index in [9.17, 15) is 9.59 Å². The van der Waals surface area contributed by atoms with E-state index in [0.29, 0.717) is 32.2 Å². The maximum absolute atomic E-state index is 13.1. The largest absolute Gasteiger partial charge is 0.380 e. The Hall–Kier alpha value is -1.10. The van der Waals surface area contributed by atoms with Crippen LogP contribution in [0.1, 0.15) is 60.3 Å². The minimum atomic E-state index is -0.765. The Morgan fingerprint density at radius 1 is 1.10 bits per heavy atom. The Morgan fingerprint density at radius 3 is 2.00 bits per heavy atom. The molecule has 0 bridgehead atoms. The van der Waals surface area contributed by atoms with Crippen LogP contribution in [-0.4, -0.2) is 47.6 Å². The molecule has 1 heterocycles. The van der Waals surface area contributed by atoms with Crippen LogP contribution >= 0.6 is 0 Å². The van der Waals surface area contributed by atoms with Crippen molar-refractivity contribution in [2.24, 2.45) is 0 Å². The second-order valence-corrected chi connectivity index (χ2v) is 5.94. The zero-order chi connectivity index (χ0) is 16.3. The number of piperazine rings is 1. The third kappa shape index (κ3) is 2.80. The van der Waals surface area contributed by atoms with Crippen LogP contribution in [0.3, 0.4) is 0 Å². The molecule has 1 fully saturated rings. The summed E-state index contributed by atoms with van der Waals surface area (Å²) in [5, 5.41) is 3.02. The molecule has 0 aromatic carbocycles. The number of amides is 2. The molecule has 0 aromatic rings. The van der Waals surface area contributed by atoms with Gasteiger partial charge in [0.2, 0.25) is 11.8 Å². The molecule has 1 saturated heterocycles.